The van der Waals surface area contributed by atoms with E-state index in [0.717, 1.165) is 15.2 Å². The summed E-state index contributed by atoms with van der Waals surface area (Å²) in [5, 5.41) is 16.8. The van der Waals surface area contributed by atoms with E-state index in [9.17, 15) is 9.90 Å². The monoisotopic (exact) mass is 371 g/mol. The molecule has 1 aromatic heterocycles. The number of aromatic nitrogens is 1. The normalized spacial score (nSPS) is 10.8. The molecule has 3 N–H and O–H groups in total. The first kappa shape index (κ1) is 17.3. The smallest absolute Gasteiger partial charge is 0.228 e. The Morgan fingerprint density at radius 3 is 2.68 bits per heavy atom. The molecule has 0 saturated carbocycles. The molecule has 5 nitrogen and oxygen atoms in total. The maximum absolute atomic E-state index is 11.6. The van der Waals surface area contributed by atoms with Gasteiger partial charge in [0.1, 0.15) is 10.8 Å². The van der Waals surface area contributed by atoms with Gasteiger partial charge in [-0.15, -0.1) is 11.3 Å². The number of amides is 1. The van der Waals surface area contributed by atoms with Crippen LogP contribution in [0, 0.1) is 5.92 Å². The fraction of sp³-hybridized carbons (Fsp3) is 0.167. The number of nitrogens with zero attached hydrogens (tertiary/aromatic N) is 1. The number of para-hydroxylation sites is 1. The predicted molar refractivity (Wildman–Crippen MR) is 106 cm³/mol. The van der Waals surface area contributed by atoms with Gasteiger partial charge in [-0.2, -0.15) is 0 Å². The first-order valence-electron chi connectivity index (χ1n) is 7.75. The standard InChI is InChI=1S/C18H17N3O2S2/c1-10(2)16(23)21-18(24)19-11-7-8-12(14(22)9-11)17-20-13-5-3-4-6-15(13)25-17/h3-10,22H,1-2H3,(H2,19,21,23,24). The van der Waals surface area contributed by atoms with Crippen LogP contribution in [0.25, 0.3) is 20.8 Å². The Morgan fingerprint density at radius 1 is 1.24 bits per heavy atom. The van der Waals surface area contributed by atoms with Crippen molar-refractivity contribution in [3.8, 4) is 16.3 Å². The lowest BCUT2D eigenvalue weighted by Crippen LogP contribution is -2.36. The van der Waals surface area contributed by atoms with Gasteiger partial charge < -0.3 is 15.7 Å². The number of thiazole rings is 1. The van der Waals surface area contributed by atoms with Crippen molar-refractivity contribution < 1.29 is 9.90 Å². The summed E-state index contributed by atoms with van der Waals surface area (Å²) in [6.45, 7) is 3.58. The summed E-state index contributed by atoms with van der Waals surface area (Å²) in [4.78, 5) is 16.2. The SMILES string of the molecule is CC(C)C(=O)NC(=S)Nc1ccc(-c2nc3ccccc3s2)c(O)c1. The molecule has 2 aromatic carbocycles. The highest BCUT2D eigenvalue weighted by molar-refractivity contribution is 7.80. The zero-order chi connectivity index (χ0) is 18.0. The molecule has 0 aliphatic heterocycles. The molecule has 0 atom stereocenters. The van der Waals surface area contributed by atoms with Crippen molar-refractivity contribution in [1.82, 2.24) is 10.3 Å². The zero-order valence-electron chi connectivity index (χ0n) is 13.7. The van der Waals surface area contributed by atoms with Gasteiger partial charge in [-0.3, -0.25) is 4.79 Å². The van der Waals surface area contributed by atoms with Crippen LogP contribution in [0.3, 0.4) is 0 Å². The molecular weight excluding hydrogens is 354 g/mol. The van der Waals surface area contributed by atoms with Gasteiger partial charge in [-0.1, -0.05) is 26.0 Å². The largest absolute Gasteiger partial charge is 0.507 e. The Balaban J connectivity index is 1.79. The van der Waals surface area contributed by atoms with E-state index in [4.69, 9.17) is 12.2 Å². The maximum Gasteiger partial charge on any atom is 0.228 e. The van der Waals surface area contributed by atoms with Crippen LogP contribution >= 0.6 is 23.6 Å². The number of carbonyl (C=O) groups excluding carboxylic acids is 1. The maximum atomic E-state index is 11.6. The van der Waals surface area contributed by atoms with E-state index in [1.54, 1.807) is 32.0 Å². The van der Waals surface area contributed by atoms with Gasteiger partial charge in [0.05, 0.1) is 15.8 Å². The van der Waals surface area contributed by atoms with Gasteiger partial charge in [-0.25, -0.2) is 4.98 Å². The number of hydrogen-bond donors (Lipinski definition) is 3. The summed E-state index contributed by atoms with van der Waals surface area (Å²) in [7, 11) is 0. The molecule has 0 unspecified atom stereocenters. The molecule has 0 fully saturated rings. The Kier molecular flexibility index (Phi) is 4.96. The van der Waals surface area contributed by atoms with Crippen molar-refractivity contribution in [1.29, 1.82) is 0 Å². The number of benzene rings is 2. The van der Waals surface area contributed by atoms with Crippen LogP contribution < -0.4 is 10.6 Å². The minimum absolute atomic E-state index is 0.0991. The van der Waals surface area contributed by atoms with Gasteiger partial charge in [-0.05, 0) is 36.5 Å². The summed E-state index contributed by atoms with van der Waals surface area (Å²) >= 11 is 6.63. The number of hydrogen-bond acceptors (Lipinski definition) is 5. The average molecular weight is 371 g/mol. The third-order valence-corrected chi connectivity index (χ3v) is 4.81. The minimum atomic E-state index is -0.159. The van der Waals surface area contributed by atoms with E-state index in [2.05, 4.69) is 15.6 Å². The van der Waals surface area contributed by atoms with Crippen LogP contribution in [0.4, 0.5) is 5.69 Å². The molecule has 25 heavy (non-hydrogen) atoms. The summed E-state index contributed by atoms with van der Waals surface area (Å²) in [6, 6.07) is 13.0. The number of carbonyl (C=O) groups is 1. The Bertz CT molecular complexity index is 917. The number of rotatable bonds is 3. The third-order valence-electron chi connectivity index (χ3n) is 3.54. The van der Waals surface area contributed by atoms with E-state index < -0.39 is 0 Å². The second-order valence-corrected chi connectivity index (χ2v) is 7.26. The van der Waals surface area contributed by atoms with Gasteiger partial charge in [0.2, 0.25) is 5.91 Å². The van der Waals surface area contributed by atoms with Crippen molar-refractivity contribution in [3.05, 3.63) is 42.5 Å². The molecule has 3 aromatic rings. The van der Waals surface area contributed by atoms with Crippen LogP contribution in [-0.4, -0.2) is 21.1 Å². The highest BCUT2D eigenvalue weighted by atomic mass is 32.1. The summed E-state index contributed by atoms with van der Waals surface area (Å²) < 4.78 is 1.07. The van der Waals surface area contributed by atoms with Crippen LogP contribution in [0.15, 0.2) is 42.5 Å². The number of phenolic OH excluding ortho intramolecular Hbond substituents is 1. The van der Waals surface area contributed by atoms with E-state index in [1.165, 1.54) is 11.3 Å². The Labute approximate surface area is 154 Å². The Hall–Kier alpha value is -2.51. The van der Waals surface area contributed by atoms with E-state index in [-0.39, 0.29) is 22.7 Å². The fourth-order valence-electron chi connectivity index (χ4n) is 2.20. The predicted octanol–water partition coefficient (Wildman–Crippen LogP) is 4.14. The quantitative estimate of drug-likeness (QED) is 0.604. The van der Waals surface area contributed by atoms with Gasteiger partial charge >= 0.3 is 0 Å². The topological polar surface area (TPSA) is 74.2 Å². The molecule has 3 rings (SSSR count). The molecule has 0 aliphatic carbocycles. The molecular formula is C18H17N3O2S2. The van der Waals surface area contributed by atoms with Crippen molar-refractivity contribution >= 4 is 50.5 Å². The first-order chi connectivity index (χ1) is 11.9. The van der Waals surface area contributed by atoms with Crippen LogP contribution in [-0.2, 0) is 4.79 Å². The Morgan fingerprint density at radius 2 is 2.00 bits per heavy atom. The number of fused-ring (bicyclic) bond motifs is 1. The number of phenols is 1. The molecule has 128 valence electrons. The van der Waals surface area contributed by atoms with E-state index in [0.29, 0.717) is 11.3 Å². The first-order valence-corrected chi connectivity index (χ1v) is 8.97. The van der Waals surface area contributed by atoms with E-state index in [1.807, 2.05) is 24.3 Å². The fourth-order valence-corrected chi connectivity index (χ4v) is 3.41. The number of nitrogens with one attached hydrogen (secondary N) is 2. The molecule has 0 radical (unpaired) electrons. The highest BCUT2D eigenvalue weighted by Crippen LogP contribution is 2.36. The lowest BCUT2D eigenvalue weighted by atomic mass is 10.2. The summed E-state index contributed by atoms with van der Waals surface area (Å²) in [5.74, 6) is -0.218. The van der Waals surface area contributed by atoms with Crippen LogP contribution in [0.2, 0.25) is 0 Å². The average Bonchev–Trinajstić information content (AvgIpc) is 2.98. The van der Waals surface area contributed by atoms with Crippen LogP contribution in [0.1, 0.15) is 13.8 Å². The number of anilines is 1. The number of aromatic hydroxyl groups is 1. The molecule has 0 spiro atoms. The third kappa shape index (κ3) is 3.94. The van der Waals surface area contributed by atoms with Crippen molar-refractivity contribution in [2.45, 2.75) is 13.8 Å². The minimum Gasteiger partial charge on any atom is -0.507 e. The molecule has 7 heteroatoms. The van der Waals surface area contributed by atoms with Gasteiger partial charge in [0.15, 0.2) is 5.11 Å². The second-order valence-electron chi connectivity index (χ2n) is 5.82. The summed E-state index contributed by atoms with van der Waals surface area (Å²) in [5.41, 5.74) is 2.15. The number of thiocarbonyl (C=S) groups is 1. The molecule has 0 saturated heterocycles. The van der Waals surface area contributed by atoms with Crippen LogP contribution in [0.5, 0.6) is 5.75 Å². The van der Waals surface area contributed by atoms with Crippen molar-refractivity contribution in [3.63, 3.8) is 0 Å². The lowest BCUT2D eigenvalue weighted by Gasteiger charge is -2.12. The van der Waals surface area contributed by atoms with Gasteiger partial charge in [0.25, 0.3) is 0 Å². The van der Waals surface area contributed by atoms with Crippen molar-refractivity contribution in [2.24, 2.45) is 5.92 Å². The molecule has 1 amide bonds. The van der Waals surface area contributed by atoms with Gasteiger partial charge in [0, 0.05) is 17.7 Å². The van der Waals surface area contributed by atoms with Crippen molar-refractivity contribution in [2.75, 3.05) is 5.32 Å². The second kappa shape index (κ2) is 7.16. The lowest BCUT2D eigenvalue weighted by molar-refractivity contribution is -0.122. The summed E-state index contributed by atoms with van der Waals surface area (Å²) in [6.07, 6.45) is 0. The van der Waals surface area contributed by atoms with E-state index >= 15 is 0 Å². The molecule has 0 aliphatic rings. The highest BCUT2D eigenvalue weighted by Gasteiger charge is 2.12. The molecule has 0 bridgehead atoms. The zero-order valence-corrected chi connectivity index (χ0v) is 15.4. The molecule has 1 heterocycles.